The second-order valence-electron chi connectivity index (χ2n) is 1.07. The second kappa shape index (κ2) is 5.85. The maximum atomic E-state index is 9.72. The van der Waals surface area contributed by atoms with Gasteiger partial charge in [0.1, 0.15) is 0 Å². The monoisotopic (exact) mass is 148 g/mol. The van der Waals surface area contributed by atoms with Crippen molar-refractivity contribution in [3.8, 4) is 0 Å². The fourth-order valence-electron chi connectivity index (χ4n) is 0.0381. The first-order valence-corrected chi connectivity index (χ1v) is 1.99. The normalized spacial score (nSPS) is 11.8. The van der Waals surface area contributed by atoms with E-state index >= 15 is 0 Å². The summed E-state index contributed by atoms with van der Waals surface area (Å²) >= 11 is 4.67. The third kappa shape index (κ3) is 4.87. The average molecular weight is 149 g/mol. The number of carboxylic acids is 1. The molecule has 0 spiro atoms. The first-order valence-electron chi connectivity index (χ1n) is 1.68. The van der Waals surface area contributed by atoms with Gasteiger partial charge in [0.25, 0.3) is 0 Å². The van der Waals surface area contributed by atoms with Crippen LogP contribution in [0.5, 0.6) is 0 Å². The average Bonchev–Trinajstić information content (AvgIpc) is 1.65. The van der Waals surface area contributed by atoms with Crippen molar-refractivity contribution in [1.29, 1.82) is 0 Å². The maximum absolute atomic E-state index is 9.72. The number of rotatable bonds is 2. The van der Waals surface area contributed by atoms with Gasteiger partial charge in [-0.3, -0.25) is 4.29 Å². The summed E-state index contributed by atoms with van der Waals surface area (Å²) in [6.45, 7) is 1.34. The Morgan fingerprint density at radius 2 is 2.25 bits per heavy atom. The Balaban J connectivity index is 0. The Kier molecular flexibility index (Phi) is 8.41. The number of halogens is 1. The van der Waals surface area contributed by atoms with Gasteiger partial charge in [-0.25, -0.2) is 4.79 Å². The number of hydrogen-bond donors (Lipinski definition) is 1. The molecule has 0 fully saturated rings. The summed E-state index contributed by atoms with van der Waals surface area (Å²) in [5.41, 5.74) is 0. The molecule has 8 heavy (non-hydrogen) atoms. The summed E-state index contributed by atoms with van der Waals surface area (Å²) in [4.78, 5) is 9.72. The number of carbonyl (C=O) groups is 1. The molecule has 0 aliphatic carbocycles. The Morgan fingerprint density at radius 3 is 2.25 bits per heavy atom. The van der Waals surface area contributed by atoms with Crippen LogP contribution in [-0.4, -0.2) is 46.7 Å². The summed E-state index contributed by atoms with van der Waals surface area (Å²) < 4.78 is 3.88. The van der Waals surface area contributed by atoms with Gasteiger partial charge < -0.3 is 5.11 Å². The van der Waals surface area contributed by atoms with Crippen LogP contribution in [0, 0.1) is 0 Å². The second-order valence-corrected chi connectivity index (χ2v) is 1.25. The minimum absolute atomic E-state index is 0. The zero-order valence-electron chi connectivity index (χ0n) is 3.72. The van der Waals surface area contributed by atoms with Gasteiger partial charge in [0, 0.05) is 0 Å². The zero-order chi connectivity index (χ0) is 5.86. The number of aliphatic carboxylic acids is 1. The van der Waals surface area contributed by atoms with Crippen molar-refractivity contribution in [3.05, 3.63) is 0 Å². The van der Waals surface area contributed by atoms with Crippen LogP contribution in [0.3, 0.4) is 0 Å². The Morgan fingerprint density at radius 1 is 1.88 bits per heavy atom. The molecule has 0 aromatic carbocycles. The standard InChI is InChI=1S/C3H5ClO3.Na.H/c1-2(7-4)3(5)6;;/h2H,1H3,(H,5,6);;. The van der Waals surface area contributed by atoms with Crippen molar-refractivity contribution in [2.24, 2.45) is 0 Å². The predicted molar refractivity (Wildman–Crippen MR) is 31.2 cm³/mol. The van der Waals surface area contributed by atoms with E-state index in [1.54, 1.807) is 0 Å². The molecule has 1 unspecified atom stereocenters. The van der Waals surface area contributed by atoms with Gasteiger partial charge in [-0.1, -0.05) is 0 Å². The molecule has 0 bridgehead atoms. The van der Waals surface area contributed by atoms with Gasteiger partial charge in [0.2, 0.25) is 0 Å². The molecule has 0 aromatic heterocycles. The van der Waals surface area contributed by atoms with Gasteiger partial charge in [-0.2, -0.15) is 0 Å². The van der Waals surface area contributed by atoms with Crippen LogP contribution < -0.4 is 0 Å². The van der Waals surface area contributed by atoms with Crippen molar-refractivity contribution < 1.29 is 14.2 Å². The van der Waals surface area contributed by atoms with Crippen LogP contribution in [0.25, 0.3) is 0 Å². The zero-order valence-corrected chi connectivity index (χ0v) is 4.47. The van der Waals surface area contributed by atoms with Gasteiger partial charge in [0.05, 0.1) is 11.9 Å². The number of carboxylic acid groups (broad SMARTS) is 1. The molecule has 0 radical (unpaired) electrons. The Labute approximate surface area is 74.4 Å². The quantitative estimate of drug-likeness (QED) is 0.560. The summed E-state index contributed by atoms with van der Waals surface area (Å²) in [7, 11) is 0. The Bertz CT molecular complexity index is 76.9. The fourth-order valence-corrected chi connectivity index (χ4v) is 0.114. The van der Waals surface area contributed by atoms with Gasteiger partial charge in [0.15, 0.2) is 6.10 Å². The molecule has 0 aliphatic heterocycles. The van der Waals surface area contributed by atoms with E-state index in [2.05, 4.69) is 16.2 Å². The minimum atomic E-state index is -1.06. The molecule has 0 heterocycles. The van der Waals surface area contributed by atoms with Crippen molar-refractivity contribution in [2.75, 3.05) is 0 Å². The predicted octanol–water partition coefficient (Wildman–Crippen LogP) is -0.0186. The SMILES string of the molecule is CC(OCl)C(=O)O.[NaH]. The van der Waals surface area contributed by atoms with E-state index < -0.39 is 12.1 Å². The van der Waals surface area contributed by atoms with Crippen LogP contribution in [0.4, 0.5) is 0 Å². The molecule has 0 saturated carbocycles. The van der Waals surface area contributed by atoms with E-state index in [1.807, 2.05) is 0 Å². The van der Waals surface area contributed by atoms with E-state index in [4.69, 9.17) is 5.11 Å². The van der Waals surface area contributed by atoms with Gasteiger partial charge in [-0.05, 0) is 6.92 Å². The number of hydrogen-bond acceptors (Lipinski definition) is 2. The molecule has 1 atom stereocenters. The van der Waals surface area contributed by atoms with E-state index in [0.717, 1.165) is 0 Å². The fraction of sp³-hybridized carbons (Fsp3) is 0.667. The summed E-state index contributed by atoms with van der Waals surface area (Å²) in [6, 6.07) is 0. The molecule has 3 nitrogen and oxygen atoms in total. The van der Waals surface area contributed by atoms with Gasteiger partial charge >= 0.3 is 35.5 Å². The van der Waals surface area contributed by atoms with Crippen molar-refractivity contribution in [3.63, 3.8) is 0 Å². The summed E-state index contributed by atoms with van der Waals surface area (Å²) in [5.74, 6) is -1.06. The van der Waals surface area contributed by atoms with E-state index in [0.29, 0.717) is 0 Å². The third-order valence-corrected chi connectivity index (χ3v) is 0.749. The molecule has 0 amide bonds. The molecule has 0 aromatic rings. The molecule has 0 rings (SSSR count). The first-order chi connectivity index (χ1) is 3.18. The molecule has 44 valence electrons. The van der Waals surface area contributed by atoms with Crippen molar-refractivity contribution in [1.82, 2.24) is 0 Å². The molecule has 0 aliphatic rings. The van der Waals surface area contributed by atoms with Crippen LogP contribution >= 0.6 is 11.9 Å². The third-order valence-electron chi connectivity index (χ3n) is 0.481. The van der Waals surface area contributed by atoms with Crippen molar-refractivity contribution in [2.45, 2.75) is 13.0 Å². The topological polar surface area (TPSA) is 46.5 Å². The van der Waals surface area contributed by atoms with E-state index in [9.17, 15) is 4.79 Å². The van der Waals surface area contributed by atoms with Crippen LogP contribution in [0.1, 0.15) is 6.92 Å². The Hall–Kier alpha value is 0.720. The first kappa shape index (κ1) is 11.5. The van der Waals surface area contributed by atoms with Crippen LogP contribution in [-0.2, 0) is 9.08 Å². The summed E-state index contributed by atoms with van der Waals surface area (Å²) in [5, 5.41) is 7.97. The van der Waals surface area contributed by atoms with Crippen LogP contribution in [0.2, 0.25) is 0 Å². The summed E-state index contributed by atoms with van der Waals surface area (Å²) in [6.07, 6.45) is -0.915. The van der Waals surface area contributed by atoms with E-state index in [1.165, 1.54) is 6.92 Å². The van der Waals surface area contributed by atoms with Gasteiger partial charge in [-0.15, -0.1) is 0 Å². The molecular formula is C3H6ClNaO3. The molecule has 5 heteroatoms. The molecular weight excluding hydrogens is 142 g/mol. The van der Waals surface area contributed by atoms with E-state index in [-0.39, 0.29) is 29.6 Å². The molecule has 0 saturated heterocycles. The molecule has 1 N–H and O–H groups in total. The van der Waals surface area contributed by atoms with Crippen LogP contribution in [0.15, 0.2) is 0 Å². The van der Waals surface area contributed by atoms with Crippen molar-refractivity contribution >= 4 is 47.4 Å².